The first-order valence-electron chi connectivity index (χ1n) is 13.6. The van der Waals surface area contributed by atoms with Gasteiger partial charge in [-0.05, 0) is 67.8 Å². The van der Waals surface area contributed by atoms with Gasteiger partial charge in [0.1, 0.15) is 10.8 Å². The second-order valence-electron chi connectivity index (χ2n) is 10.3. The molecule has 7 nitrogen and oxygen atoms in total. The van der Waals surface area contributed by atoms with Crippen molar-refractivity contribution < 1.29 is 22.6 Å². The van der Waals surface area contributed by atoms with Gasteiger partial charge in [-0.2, -0.15) is 0 Å². The molecule has 8 heteroatoms. The lowest BCUT2D eigenvalue weighted by atomic mass is 10.0. The van der Waals surface area contributed by atoms with Crippen LogP contribution in [0.4, 0.5) is 0 Å². The van der Waals surface area contributed by atoms with E-state index in [4.69, 9.17) is 14.2 Å². The van der Waals surface area contributed by atoms with Crippen LogP contribution >= 0.6 is 0 Å². The lowest BCUT2D eigenvalue weighted by Crippen LogP contribution is -2.23. The molecule has 0 amide bonds. The number of benzene rings is 3. The second kappa shape index (κ2) is 12.8. The smallest absolute Gasteiger partial charge is 0.222 e. The summed E-state index contributed by atoms with van der Waals surface area (Å²) in [6.07, 6.45) is 1.75. The zero-order chi connectivity index (χ0) is 28.9. The van der Waals surface area contributed by atoms with Crippen molar-refractivity contribution in [2.75, 3.05) is 41.0 Å². The zero-order valence-electron chi connectivity index (χ0n) is 24.3. The van der Waals surface area contributed by atoms with Gasteiger partial charge in [0.05, 0.1) is 31.2 Å². The molecule has 4 rings (SSSR count). The van der Waals surface area contributed by atoms with Gasteiger partial charge in [-0.25, -0.2) is 8.42 Å². The van der Waals surface area contributed by atoms with Crippen LogP contribution in [0, 0.1) is 0 Å². The molecule has 0 N–H and O–H groups in total. The number of likely N-dealkylation sites (N-methyl/N-ethyl adjacent to an activating group) is 1. The average molecular weight is 565 g/mol. The summed E-state index contributed by atoms with van der Waals surface area (Å²) in [6.45, 7) is 6.38. The molecule has 1 aromatic heterocycles. The third-order valence-electron chi connectivity index (χ3n) is 7.23. The van der Waals surface area contributed by atoms with E-state index in [9.17, 15) is 8.42 Å². The molecule has 0 atom stereocenters. The summed E-state index contributed by atoms with van der Waals surface area (Å²) in [4.78, 5) is 2.58. The lowest BCUT2D eigenvalue weighted by Gasteiger charge is -2.18. The molecule has 0 fully saturated rings. The minimum Gasteiger partial charge on any atom is -0.493 e. The molecule has 0 spiro atoms. The summed E-state index contributed by atoms with van der Waals surface area (Å²) < 4.78 is 46.3. The highest BCUT2D eigenvalue weighted by molar-refractivity contribution is 7.91. The molecule has 0 radical (unpaired) electrons. The van der Waals surface area contributed by atoms with Gasteiger partial charge in [0.2, 0.25) is 9.84 Å². The second-order valence-corrected chi connectivity index (χ2v) is 12.2. The number of fused-ring (bicyclic) bond motifs is 1. The van der Waals surface area contributed by atoms with E-state index in [0.29, 0.717) is 16.5 Å². The number of aromatic nitrogens is 1. The van der Waals surface area contributed by atoms with Crippen LogP contribution in [0.15, 0.2) is 76.7 Å². The topological polar surface area (TPSA) is 70.0 Å². The van der Waals surface area contributed by atoms with Gasteiger partial charge in [-0.3, -0.25) is 0 Å². The Morgan fingerprint density at radius 2 is 1.60 bits per heavy atom. The minimum absolute atomic E-state index is 0.00958. The highest BCUT2D eigenvalue weighted by Crippen LogP contribution is 2.41. The predicted molar refractivity (Wildman–Crippen MR) is 160 cm³/mol. The molecule has 0 saturated carbocycles. The van der Waals surface area contributed by atoms with Crippen molar-refractivity contribution in [3.8, 4) is 17.2 Å². The first-order chi connectivity index (χ1) is 19.2. The van der Waals surface area contributed by atoms with Gasteiger partial charge in [-0.15, -0.1) is 0 Å². The fourth-order valence-electron chi connectivity index (χ4n) is 5.14. The molecule has 0 aliphatic rings. The fraction of sp³-hybridized carbons (Fsp3) is 0.375. The molecule has 0 unspecified atom stereocenters. The molecular formula is C32H40N2O5S. The molecule has 1 heterocycles. The van der Waals surface area contributed by atoms with Gasteiger partial charge in [0.15, 0.2) is 11.5 Å². The van der Waals surface area contributed by atoms with Crippen molar-refractivity contribution in [2.45, 2.75) is 42.5 Å². The first kappa shape index (κ1) is 29.5. The molecule has 4 aromatic rings. The monoisotopic (exact) mass is 564 g/mol. The Labute approximate surface area is 238 Å². The molecule has 0 aliphatic heterocycles. The number of hydrogen-bond acceptors (Lipinski definition) is 6. The number of aryl methyl sites for hydroxylation is 1. The number of sulfone groups is 1. The molecular weight excluding hydrogens is 524 g/mol. The maximum absolute atomic E-state index is 13.7. The Balaban J connectivity index is 1.46. The van der Waals surface area contributed by atoms with E-state index < -0.39 is 9.84 Å². The van der Waals surface area contributed by atoms with E-state index in [1.54, 1.807) is 43.1 Å². The highest BCUT2D eigenvalue weighted by atomic mass is 32.2. The molecule has 214 valence electrons. The van der Waals surface area contributed by atoms with E-state index in [1.807, 2.05) is 57.3 Å². The Morgan fingerprint density at radius 3 is 2.27 bits per heavy atom. The van der Waals surface area contributed by atoms with Gasteiger partial charge in [0.25, 0.3) is 0 Å². The third-order valence-corrected chi connectivity index (χ3v) is 9.12. The predicted octanol–water partition coefficient (Wildman–Crippen LogP) is 6.10. The van der Waals surface area contributed by atoms with Gasteiger partial charge < -0.3 is 23.7 Å². The van der Waals surface area contributed by atoms with Crippen LogP contribution < -0.4 is 14.2 Å². The van der Waals surface area contributed by atoms with Gasteiger partial charge >= 0.3 is 0 Å². The lowest BCUT2D eigenvalue weighted by molar-refractivity contribution is 0.265. The summed E-state index contributed by atoms with van der Waals surface area (Å²) in [7, 11) is 3.51. The molecule has 0 aliphatic carbocycles. The standard InChI is InChI=1S/C32H40N2O5S/c1-23(2)30-31-26(34(4)32(30)40(35,36)25-12-8-7-9-13-25)14-10-15-28(31)39-21-11-19-33(3)20-18-24-16-17-27(37-5)29(22-24)38-6/h7-10,12-17,22-23H,11,18-21H2,1-6H3. The zero-order valence-corrected chi connectivity index (χ0v) is 25.1. The molecule has 0 saturated heterocycles. The van der Waals surface area contributed by atoms with Crippen molar-refractivity contribution >= 4 is 20.7 Å². The average Bonchev–Trinajstić information content (AvgIpc) is 3.28. The normalized spacial score (nSPS) is 11.9. The summed E-state index contributed by atoms with van der Waals surface area (Å²) in [5.74, 6) is 2.19. The van der Waals surface area contributed by atoms with Crippen molar-refractivity contribution in [2.24, 2.45) is 7.05 Å². The van der Waals surface area contributed by atoms with Crippen LogP contribution in [0.2, 0.25) is 0 Å². The van der Waals surface area contributed by atoms with Crippen molar-refractivity contribution in [1.82, 2.24) is 9.47 Å². The van der Waals surface area contributed by atoms with Crippen molar-refractivity contribution in [3.63, 3.8) is 0 Å². The van der Waals surface area contributed by atoms with E-state index >= 15 is 0 Å². The van der Waals surface area contributed by atoms with E-state index in [0.717, 1.165) is 59.6 Å². The Hall–Kier alpha value is -3.49. The maximum Gasteiger partial charge on any atom is 0.222 e. The fourth-order valence-corrected chi connectivity index (χ4v) is 6.97. The SMILES string of the molecule is COc1ccc(CCN(C)CCCOc2cccc3c2c(C(C)C)c(S(=O)(=O)c2ccccc2)n3C)cc1OC. The van der Waals surface area contributed by atoms with Crippen LogP contribution in [0.1, 0.15) is 37.3 Å². The summed E-state index contributed by atoms with van der Waals surface area (Å²) in [5.41, 5.74) is 2.84. The van der Waals surface area contributed by atoms with Crippen molar-refractivity contribution in [3.05, 3.63) is 77.9 Å². The number of nitrogens with zero attached hydrogens (tertiary/aromatic N) is 2. The number of methoxy groups -OCH3 is 2. The molecule has 0 bridgehead atoms. The van der Waals surface area contributed by atoms with Gasteiger partial charge in [-0.1, -0.05) is 44.2 Å². The van der Waals surface area contributed by atoms with E-state index in [2.05, 4.69) is 18.0 Å². The highest BCUT2D eigenvalue weighted by Gasteiger charge is 2.30. The van der Waals surface area contributed by atoms with E-state index in [-0.39, 0.29) is 5.92 Å². The quantitative estimate of drug-likeness (QED) is 0.183. The largest absolute Gasteiger partial charge is 0.493 e. The van der Waals surface area contributed by atoms with Crippen LogP contribution in [0.25, 0.3) is 10.9 Å². The number of hydrogen-bond donors (Lipinski definition) is 0. The summed E-state index contributed by atoms with van der Waals surface area (Å²) >= 11 is 0. The first-order valence-corrected chi connectivity index (χ1v) is 15.1. The van der Waals surface area contributed by atoms with Crippen LogP contribution in [-0.2, 0) is 23.3 Å². The number of ether oxygens (including phenoxy) is 3. The molecule has 3 aromatic carbocycles. The Kier molecular flexibility index (Phi) is 9.43. The summed E-state index contributed by atoms with van der Waals surface area (Å²) in [6, 6.07) is 20.5. The van der Waals surface area contributed by atoms with Gasteiger partial charge in [0, 0.05) is 31.1 Å². The van der Waals surface area contributed by atoms with Crippen molar-refractivity contribution in [1.29, 1.82) is 0 Å². The maximum atomic E-state index is 13.7. The van der Waals surface area contributed by atoms with E-state index in [1.165, 1.54) is 5.56 Å². The number of rotatable bonds is 13. The molecule has 40 heavy (non-hydrogen) atoms. The third kappa shape index (κ3) is 6.13. The van der Waals surface area contributed by atoms with Crippen LogP contribution in [0.5, 0.6) is 17.2 Å². The van der Waals surface area contributed by atoms with Crippen LogP contribution in [-0.4, -0.2) is 58.8 Å². The Morgan fingerprint density at radius 1 is 0.875 bits per heavy atom. The Bertz CT molecular complexity index is 1540. The minimum atomic E-state index is -3.71. The van der Waals surface area contributed by atoms with Crippen LogP contribution in [0.3, 0.4) is 0 Å². The summed E-state index contributed by atoms with van der Waals surface area (Å²) in [5, 5.41) is 1.20.